The van der Waals surface area contributed by atoms with Crippen molar-refractivity contribution in [1.29, 1.82) is 0 Å². The van der Waals surface area contributed by atoms with Crippen molar-refractivity contribution in [3.63, 3.8) is 0 Å². The van der Waals surface area contributed by atoms with Gasteiger partial charge in [-0.2, -0.15) is 0 Å². The van der Waals surface area contributed by atoms with E-state index in [0.717, 1.165) is 12.2 Å². The van der Waals surface area contributed by atoms with Gasteiger partial charge < -0.3 is 9.73 Å². The predicted octanol–water partition coefficient (Wildman–Crippen LogP) is 3.52. The molecular weight excluding hydrogens is 218 g/mol. The molecule has 0 spiro atoms. The van der Waals surface area contributed by atoms with E-state index in [0.29, 0.717) is 0 Å². The van der Waals surface area contributed by atoms with Crippen molar-refractivity contribution in [2.75, 3.05) is 7.05 Å². The lowest BCUT2D eigenvalue weighted by molar-refractivity contribution is 0.463. The first-order chi connectivity index (χ1) is 7.76. The van der Waals surface area contributed by atoms with Gasteiger partial charge in [-0.05, 0) is 44.2 Å². The van der Waals surface area contributed by atoms with E-state index in [9.17, 15) is 0 Å². The van der Waals surface area contributed by atoms with Crippen LogP contribution in [0.3, 0.4) is 0 Å². The standard InChI is InChI=1S/C13H17NOS/c1-4-10-5-6-11(16-10)12(14-3)13-9(2)7-8-15-13/h5-8,12,14H,4H2,1-3H3. The highest BCUT2D eigenvalue weighted by molar-refractivity contribution is 7.12. The summed E-state index contributed by atoms with van der Waals surface area (Å²) in [6.07, 6.45) is 2.85. The van der Waals surface area contributed by atoms with Gasteiger partial charge in [0, 0.05) is 9.75 Å². The van der Waals surface area contributed by atoms with Gasteiger partial charge in [0.25, 0.3) is 0 Å². The zero-order valence-corrected chi connectivity index (χ0v) is 10.7. The molecule has 2 aromatic rings. The van der Waals surface area contributed by atoms with Crippen molar-refractivity contribution < 1.29 is 4.42 Å². The monoisotopic (exact) mass is 235 g/mol. The van der Waals surface area contributed by atoms with Crippen molar-refractivity contribution in [2.45, 2.75) is 26.3 Å². The van der Waals surface area contributed by atoms with E-state index < -0.39 is 0 Å². The fourth-order valence-corrected chi connectivity index (χ4v) is 2.88. The molecular formula is C13H17NOS. The summed E-state index contributed by atoms with van der Waals surface area (Å²) in [5.74, 6) is 1.02. The summed E-state index contributed by atoms with van der Waals surface area (Å²) in [5.41, 5.74) is 1.20. The summed E-state index contributed by atoms with van der Waals surface area (Å²) in [6, 6.07) is 6.57. The van der Waals surface area contributed by atoms with Gasteiger partial charge >= 0.3 is 0 Å². The second kappa shape index (κ2) is 4.85. The minimum absolute atomic E-state index is 0.181. The van der Waals surface area contributed by atoms with Crippen LogP contribution in [-0.2, 0) is 6.42 Å². The molecule has 1 unspecified atom stereocenters. The molecule has 0 aromatic carbocycles. The largest absolute Gasteiger partial charge is 0.467 e. The summed E-state index contributed by atoms with van der Waals surface area (Å²) < 4.78 is 5.56. The van der Waals surface area contributed by atoms with Crippen LogP contribution in [0.4, 0.5) is 0 Å². The first-order valence-corrected chi connectivity index (χ1v) is 6.37. The van der Waals surface area contributed by atoms with Crippen LogP contribution < -0.4 is 5.32 Å². The fourth-order valence-electron chi connectivity index (χ4n) is 1.82. The van der Waals surface area contributed by atoms with Gasteiger partial charge in [-0.1, -0.05) is 6.92 Å². The van der Waals surface area contributed by atoms with Crippen LogP contribution in [0.1, 0.15) is 34.0 Å². The highest BCUT2D eigenvalue weighted by Gasteiger charge is 2.18. The van der Waals surface area contributed by atoms with Gasteiger partial charge in [-0.25, -0.2) is 0 Å². The quantitative estimate of drug-likeness (QED) is 0.877. The van der Waals surface area contributed by atoms with Crippen molar-refractivity contribution in [1.82, 2.24) is 5.32 Å². The number of hydrogen-bond acceptors (Lipinski definition) is 3. The maximum atomic E-state index is 5.56. The maximum Gasteiger partial charge on any atom is 0.128 e. The Morgan fingerprint density at radius 3 is 2.69 bits per heavy atom. The normalized spacial score (nSPS) is 12.9. The molecule has 0 aliphatic rings. The third-order valence-corrected chi connectivity index (χ3v) is 4.06. The molecule has 0 saturated carbocycles. The summed E-state index contributed by atoms with van der Waals surface area (Å²) in [6.45, 7) is 4.26. The molecule has 0 fully saturated rings. The molecule has 1 N–H and O–H groups in total. The third-order valence-electron chi connectivity index (χ3n) is 2.77. The summed E-state index contributed by atoms with van der Waals surface area (Å²) in [7, 11) is 1.97. The molecule has 2 nitrogen and oxygen atoms in total. The smallest absolute Gasteiger partial charge is 0.128 e. The fraction of sp³-hybridized carbons (Fsp3) is 0.385. The minimum Gasteiger partial charge on any atom is -0.467 e. The second-order valence-corrected chi connectivity index (χ2v) is 5.05. The maximum absolute atomic E-state index is 5.56. The molecule has 2 rings (SSSR count). The van der Waals surface area contributed by atoms with E-state index in [-0.39, 0.29) is 6.04 Å². The Labute approximate surface area is 100 Å². The number of furan rings is 1. The first-order valence-electron chi connectivity index (χ1n) is 5.56. The van der Waals surface area contributed by atoms with E-state index in [1.54, 1.807) is 6.26 Å². The Kier molecular flexibility index (Phi) is 3.46. The van der Waals surface area contributed by atoms with Gasteiger partial charge in [0.1, 0.15) is 11.8 Å². The molecule has 1 atom stereocenters. The number of rotatable bonds is 4. The van der Waals surface area contributed by atoms with Crippen molar-refractivity contribution >= 4 is 11.3 Å². The molecule has 0 radical (unpaired) electrons. The second-order valence-electron chi connectivity index (χ2n) is 3.85. The van der Waals surface area contributed by atoms with Crippen LogP contribution in [0, 0.1) is 6.92 Å². The molecule has 0 saturated heterocycles. The molecule has 0 bridgehead atoms. The van der Waals surface area contributed by atoms with Crippen molar-refractivity contribution in [3.8, 4) is 0 Å². The SMILES string of the molecule is CCc1ccc(C(NC)c2occc2C)s1. The third kappa shape index (κ3) is 2.06. The number of hydrogen-bond donors (Lipinski definition) is 1. The minimum atomic E-state index is 0.181. The lowest BCUT2D eigenvalue weighted by Crippen LogP contribution is -2.16. The van der Waals surface area contributed by atoms with Crippen LogP contribution in [0.2, 0.25) is 0 Å². The number of thiophene rings is 1. The van der Waals surface area contributed by atoms with E-state index >= 15 is 0 Å². The van der Waals surface area contributed by atoms with E-state index in [1.165, 1.54) is 15.3 Å². The molecule has 0 aliphatic carbocycles. The number of aryl methyl sites for hydroxylation is 2. The molecule has 0 amide bonds. The van der Waals surface area contributed by atoms with E-state index in [1.807, 2.05) is 24.5 Å². The molecule has 16 heavy (non-hydrogen) atoms. The van der Waals surface area contributed by atoms with Gasteiger partial charge in [0.2, 0.25) is 0 Å². The van der Waals surface area contributed by atoms with Crippen LogP contribution in [0.5, 0.6) is 0 Å². The summed E-state index contributed by atoms with van der Waals surface area (Å²) >= 11 is 1.85. The van der Waals surface area contributed by atoms with Crippen LogP contribution >= 0.6 is 11.3 Å². The van der Waals surface area contributed by atoms with E-state index in [4.69, 9.17) is 4.42 Å². The van der Waals surface area contributed by atoms with Crippen molar-refractivity contribution in [3.05, 3.63) is 45.5 Å². The highest BCUT2D eigenvalue weighted by Crippen LogP contribution is 2.30. The Morgan fingerprint density at radius 2 is 2.19 bits per heavy atom. The zero-order chi connectivity index (χ0) is 11.5. The molecule has 2 heterocycles. The Morgan fingerprint density at radius 1 is 1.38 bits per heavy atom. The topological polar surface area (TPSA) is 25.2 Å². The van der Waals surface area contributed by atoms with Crippen molar-refractivity contribution in [2.24, 2.45) is 0 Å². The summed E-state index contributed by atoms with van der Waals surface area (Å²) in [5, 5.41) is 3.32. The Hall–Kier alpha value is -1.06. The average Bonchev–Trinajstić information content (AvgIpc) is 2.90. The van der Waals surface area contributed by atoms with Crippen LogP contribution in [0.15, 0.2) is 28.9 Å². The number of nitrogens with one attached hydrogen (secondary N) is 1. The van der Waals surface area contributed by atoms with Gasteiger partial charge in [-0.15, -0.1) is 11.3 Å². The van der Waals surface area contributed by atoms with Crippen LogP contribution in [0.25, 0.3) is 0 Å². The highest BCUT2D eigenvalue weighted by atomic mass is 32.1. The van der Waals surface area contributed by atoms with Gasteiger partial charge in [0.05, 0.1) is 6.26 Å². The average molecular weight is 235 g/mol. The zero-order valence-electron chi connectivity index (χ0n) is 9.91. The first kappa shape index (κ1) is 11.4. The van der Waals surface area contributed by atoms with Crippen LogP contribution in [-0.4, -0.2) is 7.05 Å². The molecule has 3 heteroatoms. The Balaban J connectivity index is 2.32. The van der Waals surface area contributed by atoms with Gasteiger partial charge in [0.15, 0.2) is 0 Å². The van der Waals surface area contributed by atoms with Gasteiger partial charge in [-0.3, -0.25) is 0 Å². The van der Waals surface area contributed by atoms with E-state index in [2.05, 4.69) is 31.3 Å². The lowest BCUT2D eigenvalue weighted by Gasteiger charge is -2.12. The summed E-state index contributed by atoms with van der Waals surface area (Å²) in [4.78, 5) is 2.73. The molecule has 86 valence electrons. The molecule has 2 aromatic heterocycles. The lowest BCUT2D eigenvalue weighted by atomic mass is 10.1. The predicted molar refractivity (Wildman–Crippen MR) is 68.0 cm³/mol. The Bertz CT molecular complexity index is 458. The molecule has 0 aliphatic heterocycles.